The Hall–Kier alpha value is -0.930. The molecule has 0 fully saturated rings. The number of terminal acetylenes is 1. The zero-order chi connectivity index (χ0) is 10.9. The van der Waals surface area contributed by atoms with E-state index in [0.29, 0.717) is 0 Å². The van der Waals surface area contributed by atoms with Gasteiger partial charge in [0.25, 0.3) is 0 Å². The Morgan fingerprint density at radius 1 is 1.13 bits per heavy atom. The van der Waals surface area contributed by atoms with E-state index in [-0.39, 0.29) is 0 Å². The molecule has 0 heterocycles. The number of unbranched alkanes of at least 4 members (excludes halogenated alkanes) is 3. The highest BCUT2D eigenvalue weighted by Crippen LogP contribution is 2.09. The van der Waals surface area contributed by atoms with Crippen molar-refractivity contribution >= 4 is 22.6 Å². The van der Waals surface area contributed by atoms with Crippen molar-refractivity contribution in [2.45, 2.75) is 25.7 Å². The van der Waals surface area contributed by atoms with Gasteiger partial charge in [-0.3, -0.25) is 0 Å². The van der Waals surface area contributed by atoms with Gasteiger partial charge in [0.15, 0.2) is 0 Å². The summed E-state index contributed by atoms with van der Waals surface area (Å²) in [7, 11) is 0. The maximum Gasteiger partial charge on any atom is 0.0378 e. The highest BCUT2D eigenvalue weighted by Gasteiger charge is 1.91. The van der Waals surface area contributed by atoms with E-state index in [9.17, 15) is 0 Å². The third-order valence-electron chi connectivity index (χ3n) is 1.97. The van der Waals surface area contributed by atoms with Crippen molar-refractivity contribution in [3.8, 4) is 24.2 Å². The fraction of sp³-hybridized carbons (Fsp3) is 0.286. The standard InChI is InChI=1S/C14H13I/c1-2-3-4-5-6-7-10-13-11-8-9-12-14(13)15/h1,8-9,11-12H,3-6H2. The summed E-state index contributed by atoms with van der Waals surface area (Å²) in [5, 5.41) is 0. The van der Waals surface area contributed by atoms with Crippen LogP contribution in [0.4, 0.5) is 0 Å². The Labute approximate surface area is 106 Å². The van der Waals surface area contributed by atoms with E-state index in [4.69, 9.17) is 6.42 Å². The van der Waals surface area contributed by atoms with Gasteiger partial charge < -0.3 is 0 Å². The van der Waals surface area contributed by atoms with Gasteiger partial charge in [0.1, 0.15) is 0 Å². The maximum absolute atomic E-state index is 5.17. The summed E-state index contributed by atoms with van der Waals surface area (Å²) >= 11 is 2.31. The van der Waals surface area contributed by atoms with Crippen molar-refractivity contribution < 1.29 is 0 Å². The second-order valence-corrected chi connectivity index (χ2v) is 4.36. The van der Waals surface area contributed by atoms with Crippen molar-refractivity contribution in [3.63, 3.8) is 0 Å². The molecule has 0 N–H and O–H groups in total. The van der Waals surface area contributed by atoms with Gasteiger partial charge >= 0.3 is 0 Å². The molecule has 1 heteroatoms. The van der Waals surface area contributed by atoms with Gasteiger partial charge in [-0.1, -0.05) is 24.0 Å². The molecule has 0 aliphatic heterocycles. The first kappa shape index (κ1) is 12.1. The molecule has 0 unspecified atom stereocenters. The number of rotatable bonds is 3. The molecule has 0 radical (unpaired) electrons. The molecule has 1 rings (SSSR count). The van der Waals surface area contributed by atoms with E-state index in [0.717, 1.165) is 31.2 Å². The van der Waals surface area contributed by atoms with Crippen LogP contribution in [0.1, 0.15) is 31.2 Å². The monoisotopic (exact) mass is 308 g/mol. The Kier molecular flexibility index (Phi) is 5.97. The predicted molar refractivity (Wildman–Crippen MR) is 73.3 cm³/mol. The summed E-state index contributed by atoms with van der Waals surface area (Å²) in [6, 6.07) is 8.17. The molecule has 0 bridgehead atoms. The minimum Gasteiger partial charge on any atom is -0.120 e. The van der Waals surface area contributed by atoms with E-state index in [1.165, 1.54) is 3.57 Å². The molecule has 0 atom stereocenters. The third kappa shape index (κ3) is 4.91. The smallest absolute Gasteiger partial charge is 0.0378 e. The lowest BCUT2D eigenvalue weighted by atomic mass is 10.2. The summed E-state index contributed by atoms with van der Waals surface area (Å²) in [5.41, 5.74) is 1.12. The number of hydrogen-bond acceptors (Lipinski definition) is 0. The quantitative estimate of drug-likeness (QED) is 0.452. The van der Waals surface area contributed by atoms with Crippen LogP contribution >= 0.6 is 22.6 Å². The molecular weight excluding hydrogens is 295 g/mol. The first-order valence-electron chi connectivity index (χ1n) is 5.01. The summed E-state index contributed by atoms with van der Waals surface area (Å²) < 4.78 is 1.21. The Bertz CT molecular complexity index is 401. The Balaban J connectivity index is 2.39. The van der Waals surface area contributed by atoms with Crippen molar-refractivity contribution in [3.05, 3.63) is 33.4 Å². The minimum atomic E-state index is 0.866. The van der Waals surface area contributed by atoms with Crippen LogP contribution in [0.2, 0.25) is 0 Å². The van der Waals surface area contributed by atoms with Gasteiger partial charge in [0, 0.05) is 22.0 Å². The molecule has 0 aromatic heterocycles. The second-order valence-electron chi connectivity index (χ2n) is 3.19. The number of halogens is 1. The first-order chi connectivity index (χ1) is 7.34. The molecule has 15 heavy (non-hydrogen) atoms. The van der Waals surface area contributed by atoms with Gasteiger partial charge in [-0.15, -0.1) is 12.3 Å². The highest BCUT2D eigenvalue weighted by molar-refractivity contribution is 14.1. The zero-order valence-corrected chi connectivity index (χ0v) is 10.8. The van der Waals surface area contributed by atoms with Crippen LogP contribution in [0.15, 0.2) is 24.3 Å². The van der Waals surface area contributed by atoms with Crippen LogP contribution in [-0.2, 0) is 0 Å². The van der Waals surface area contributed by atoms with Crippen LogP contribution < -0.4 is 0 Å². The first-order valence-corrected chi connectivity index (χ1v) is 6.09. The summed E-state index contributed by atoms with van der Waals surface area (Å²) in [5.74, 6) is 8.99. The van der Waals surface area contributed by atoms with Gasteiger partial charge in [0.2, 0.25) is 0 Å². The summed E-state index contributed by atoms with van der Waals surface area (Å²) in [4.78, 5) is 0. The fourth-order valence-corrected chi connectivity index (χ4v) is 1.68. The zero-order valence-electron chi connectivity index (χ0n) is 8.59. The fourth-order valence-electron chi connectivity index (χ4n) is 1.16. The molecule has 0 aliphatic rings. The van der Waals surface area contributed by atoms with Gasteiger partial charge in [-0.05, 0) is 47.6 Å². The van der Waals surface area contributed by atoms with Crippen molar-refractivity contribution in [2.75, 3.05) is 0 Å². The van der Waals surface area contributed by atoms with Crippen LogP contribution in [-0.4, -0.2) is 0 Å². The summed E-state index contributed by atoms with van der Waals surface area (Å²) in [6.45, 7) is 0. The molecule has 1 aromatic carbocycles. The van der Waals surface area contributed by atoms with Crippen molar-refractivity contribution in [1.29, 1.82) is 0 Å². The highest BCUT2D eigenvalue weighted by atomic mass is 127. The summed E-state index contributed by atoms with van der Waals surface area (Å²) in [6.07, 6.45) is 9.15. The van der Waals surface area contributed by atoms with E-state index in [1.54, 1.807) is 0 Å². The number of hydrogen-bond donors (Lipinski definition) is 0. The maximum atomic E-state index is 5.17. The molecule has 0 spiro atoms. The molecule has 0 saturated carbocycles. The van der Waals surface area contributed by atoms with Gasteiger partial charge in [-0.25, -0.2) is 0 Å². The molecular formula is C14H13I. The van der Waals surface area contributed by atoms with E-state index >= 15 is 0 Å². The molecule has 0 nitrogen and oxygen atoms in total. The Morgan fingerprint density at radius 3 is 2.60 bits per heavy atom. The number of benzene rings is 1. The molecule has 1 aromatic rings. The van der Waals surface area contributed by atoms with Gasteiger partial charge in [-0.2, -0.15) is 0 Å². The van der Waals surface area contributed by atoms with Crippen LogP contribution in [0.3, 0.4) is 0 Å². The predicted octanol–water partition coefficient (Wildman–Crippen LogP) is 3.84. The molecule has 0 saturated heterocycles. The van der Waals surface area contributed by atoms with Crippen LogP contribution in [0.25, 0.3) is 0 Å². The van der Waals surface area contributed by atoms with Gasteiger partial charge in [0.05, 0.1) is 0 Å². The van der Waals surface area contributed by atoms with Crippen molar-refractivity contribution in [1.82, 2.24) is 0 Å². The molecule has 0 aliphatic carbocycles. The van der Waals surface area contributed by atoms with E-state index in [2.05, 4.69) is 52.5 Å². The van der Waals surface area contributed by atoms with Crippen LogP contribution in [0.5, 0.6) is 0 Å². The lowest BCUT2D eigenvalue weighted by Gasteiger charge is -1.93. The molecule has 76 valence electrons. The lowest BCUT2D eigenvalue weighted by Crippen LogP contribution is -1.79. The average molecular weight is 308 g/mol. The molecule has 0 amide bonds. The average Bonchev–Trinajstić information content (AvgIpc) is 2.25. The Morgan fingerprint density at radius 2 is 1.87 bits per heavy atom. The normalized spacial score (nSPS) is 8.80. The SMILES string of the molecule is C#CCCCCC#Cc1ccccc1I. The lowest BCUT2D eigenvalue weighted by molar-refractivity contribution is 0.783. The van der Waals surface area contributed by atoms with Crippen LogP contribution in [0, 0.1) is 27.8 Å². The minimum absolute atomic E-state index is 0.866. The topological polar surface area (TPSA) is 0 Å². The second kappa shape index (κ2) is 7.37. The van der Waals surface area contributed by atoms with Crippen molar-refractivity contribution in [2.24, 2.45) is 0 Å². The van der Waals surface area contributed by atoms with E-state index < -0.39 is 0 Å². The third-order valence-corrected chi connectivity index (χ3v) is 2.91. The van der Waals surface area contributed by atoms with E-state index in [1.807, 2.05) is 12.1 Å². The largest absolute Gasteiger partial charge is 0.120 e.